The summed E-state index contributed by atoms with van der Waals surface area (Å²) in [5.74, 6) is 1.25. The third kappa shape index (κ3) is 7.56. The molecular weight excluding hydrogens is 372 g/mol. The predicted molar refractivity (Wildman–Crippen MR) is 116 cm³/mol. The van der Waals surface area contributed by atoms with Crippen LogP contribution in [0.4, 0.5) is 0 Å². The second kappa shape index (κ2) is 11.3. The lowest BCUT2D eigenvalue weighted by Crippen LogP contribution is -2.38. The summed E-state index contributed by atoms with van der Waals surface area (Å²) in [6.07, 6.45) is 2.19. The topological polar surface area (TPSA) is 59.6 Å². The van der Waals surface area contributed by atoms with Gasteiger partial charge in [-0.15, -0.1) is 0 Å². The van der Waals surface area contributed by atoms with Crippen LogP contribution in [0.5, 0.6) is 11.5 Å². The van der Waals surface area contributed by atoms with E-state index >= 15 is 0 Å². The Kier molecular flexibility index (Phi) is 8.75. The van der Waals surface area contributed by atoms with Crippen molar-refractivity contribution in [1.82, 2.24) is 10.6 Å². The summed E-state index contributed by atoms with van der Waals surface area (Å²) in [5.41, 5.74) is 1.55. The van der Waals surface area contributed by atoms with Crippen molar-refractivity contribution < 1.29 is 14.3 Å². The normalized spacial score (nSPS) is 10.4. The number of rotatable bonds is 9. The Morgan fingerprint density at radius 3 is 2.54 bits per heavy atom. The van der Waals surface area contributed by atoms with Gasteiger partial charge in [0.2, 0.25) is 0 Å². The Morgan fingerprint density at radius 2 is 1.86 bits per heavy atom. The Hall–Kier alpha value is -2.60. The summed E-state index contributed by atoms with van der Waals surface area (Å²) in [7, 11) is 0. The SMILES string of the molecule is CCCCOc1cccc(C(=O)NC(=S)NCc2ccc(OC(C)C)cc2)c1. The average Bonchev–Trinajstić information content (AvgIpc) is 2.67. The van der Waals surface area contributed by atoms with Crippen LogP contribution in [0, 0.1) is 0 Å². The molecule has 0 aromatic heterocycles. The number of hydrogen-bond donors (Lipinski definition) is 2. The lowest BCUT2D eigenvalue weighted by atomic mass is 10.2. The van der Waals surface area contributed by atoms with Crippen LogP contribution < -0.4 is 20.1 Å². The molecule has 0 radical (unpaired) electrons. The second-order valence-electron chi connectivity index (χ2n) is 6.68. The molecule has 2 aromatic rings. The Bertz CT molecular complexity index is 776. The number of thiocarbonyl (C=S) groups is 1. The molecule has 0 aliphatic heterocycles. The number of carbonyl (C=O) groups is 1. The summed E-state index contributed by atoms with van der Waals surface area (Å²) in [4.78, 5) is 12.4. The van der Waals surface area contributed by atoms with Crippen molar-refractivity contribution in [3.05, 3.63) is 59.7 Å². The van der Waals surface area contributed by atoms with Gasteiger partial charge in [0, 0.05) is 12.1 Å². The highest BCUT2D eigenvalue weighted by Gasteiger charge is 2.09. The molecule has 0 aliphatic rings. The third-order valence-electron chi connectivity index (χ3n) is 3.84. The molecular formula is C22H28N2O3S. The average molecular weight is 401 g/mol. The van der Waals surface area contributed by atoms with Crippen molar-refractivity contribution in [2.75, 3.05) is 6.61 Å². The van der Waals surface area contributed by atoms with E-state index < -0.39 is 0 Å². The number of nitrogens with one attached hydrogen (secondary N) is 2. The zero-order valence-electron chi connectivity index (χ0n) is 16.7. The van der Waals surface area contributed by atoms with Crippen molar-refractivity contribution in [2.24, 2.45) is 0 Å². The van der Waals surface area contributed by atoms with Crippen molar-refractivity contribution in [1.29, 1.82) is 0 Å². The monoisotopic (exact) mass is 400 g/mol. The van der Waals surface area contributed by atoms with Crippen molar-refractivity contribution in [3.8, 4) is 11.5 Å². The predicted octanol–water partition coefficient (Wildman–Crippen LogP) is 4.46. The Labute approximate surface area is 172 Å². The molecule has 5 nitrogen and oxygen atoms in total. The number of hydrogen-bond acceptors (Lipinski definition) is 4. The number of amides is 1. The van der Waals surface area contributed by atoms with E-state index in [1.54, 1.807) is 18.2 Å². The van der Waals surface area contributed by atoms with E-state index in [-0.39, 0.29) is 17.1 Å². The number of unbranched alkanes of at least 4 members (excludes halogenated alkanes) is 1. The van der Waals surface area contributed by atoms with Gasteiger partial charge in [0.25, 0.3) is 5.91 Å². The Morgan fingerprint density at radius 1 is 1.11 bits per heavy atom. The molecule has 28 heavy (non-hydrogen) atoms. The zero-order chi connectivity index (χ0) is 20.4. The van der Waals surface area contributed by atoms with Crippen molar-refractivity contribution in [3.63, 3.8) is 0 Å². The standard InChI is InChI=1S/C22H28N2O3S/c1-4-5-13-26-20-8-6-7-18(14-20)21(25)24-22(28)23-15-17-9-11-19(12-10-17)27-16(2)3/h6-12,14,16H,4-5,13,15H2,1-3H3,(H2,23,24,25,28). The van der Waals surface area contributed by atoms with E-state index in [1.807, 2.05) is 44.2 Å². The van der Waals surface area contributed by atoms with Gasteiger partial charge in [-0.05, 0) is 68.4 Å². The quantitative estimate of drug-likeness (QED) is 0.481. The fraction of sp³-hybridized carbons (Fsp3) is 0.364. The van der Waals surface area contributed by atoms with Gasteiger partial charge in [-0.1, -0.05) is 31.5 Å². The minimum atomic E-state index is -0.265. The maximum Gasteiger partial charge on any atom is 0.257 e. The van der Waals surface area contributed by atoms with E-state index in [0.717, 1.165) is 24.2 Å². The highest BCUT2D eigenvalue weighted by Crippen LogP contribution is 2.15. The van der Waals surface area contributed by atoms with Crippen molar-refractivity contribution in [2.45, 2.75) is 46.3 Å². The molecule has 0 unspecified atom stereocenters. The summed E-state index contributed by atoms with van der Waals surface area (Å²) in [6, 6.07) is 14.9. The lowest BCUT2D eigenvalue weighted by Gasteiger charge is -2.12. The molecule has 0 bridgehead atoms. The van der Waals surface area contributed by atoms with E-state index in [2.05, 4.69) is 17.6 Å². The van der Waals surface area contributed by atoms with Gasteiger partial charge < -0.3 is 14.8 Å². The van der Waals surface area contributed by atoms with Crippen LogP contribution in [-0.2, 0) is 6.54 Å². The smallest absolute Gasteiger partial charge is 0.257 e. The zero-order valence-corrected chi connectivity index (χ0v) is 17.5. The Balaban J connectivity index is 1.82. The molecule has 2 rings (SSSR count). The van der Waals surface area contributed by atoms with E-state index in [4.69, 9.17) is 21.7 Å². The molecule has 0 fully saturated rings. The summed E-state index contributed by atoms with van der Waals surface area (Å²) in [6.45, 7) is 7.24. The van der Waals surface area contributed by atoms with Crippen LogP contribution in [0.2, 0.25) is 0 Å². The second-order valence-corrected chi connectivity index (χ2v) is 7.09. The molecule has 1 amide bonds. The van der Waals surface area contributed by atoms with E-state index in [9.17, 15) is 4.79 Å². The van der Waals surface area contributed by atoms with Gasteiger partial charge >= 0.3 is 0 Å². The molecule has 0 heterocycles. The third-order valence-corrected chi connectivity index (χ3v) is 4.08. The highest BCUT2D eigenvalue weighted by molar-refractivity contribution is 7.80. The molecule has 2 N–H and O–H groups in total. The van der Waals surface area contributed by atoms with Gasteiger partial charge in [0.15, 0.2) is 5.11 Å². The number of ether oxygens (including phenoxy) is 2. The molecule has 0 saturated heterocycles. The largest absolute Gasteiger partial charge is 0.494 e. The van der Waals surface area contributed by atoms with Crippen LogP contribution >= 0.6 is 12.2 Å². The summed E-state index contributed by atoms with van der Waals surface area (Å²) in [5, 5.41) is 6.03. The maximum absolute atomic E-state index is 12.4. The number of carbonyl (C=O) groups excluding carboxylic acids is 1. The fourth-order valence-electron chi connectivity index (χ4n) is 2.42. The lowest BCUT2D eigenvalue weighted by molar-refractivity contribution is 0.0976. The fourth-order valence-corrected chi connectivity index (χ4v) is 2.59. The highest BCUT2D eigenvalue weighted by atomic mass is 32.1. The molecule has 0 atom stereocenters. The minimum absolute atomic E-state index is 0.141. The molecule has 0 spiro atoms. The van der Waals surface area contributed by atoms with Crippen LogP contribution in [0.15, 0.2) is 48.5 Å². The van der Waals surface area contributed by atoms with E-state index in [0.29, 0.717) is 24.5 Å². The van der Waals surface area contributed by atoms with Gasteiger partial charge in [-0.25, -0.2) is 0 Å². The van der Waals surface area contributed by atoms with E-state index in [1.165, 1.54) is 0 Å². The van der Waals surface area contributed by atoms with Crippen LogP contribution in [0.1, 0.15) is 49.5 Å². The van der Waals surface area contributed by atoms with Gasteiger partial charge in [-0.2, -0.15) is 0 Å². The molecule has 0 saturated carbocycles. The first kappa shape index (κ1) is 21.7. The summed E-state index contributed by atoms with van der Waals surface area (Å²) < 4.78 is 11.3. The first-order valence-corrected chi connectivity index (χ1v) is 9.96. The van der Waals surface area contributed by atoms with Crippen molar-refractivity contribution >= 4 is 23.2 Å². The summed E-state index contributed by atoms with van der Waals surface area (Å²) >= 11 is 5.23. The number of benzene rings is 2. The van der Waals surface area contributed by atoms with Gasteiger partial charge in [0.05, 0.1) is 12.7 Å². The first-order valence-electron chi connectivity index (χ1n) is 9.55. The maximum atomic E-state index is 12.4. The molecule has 150 valence electrons. The molecule has 0 aliphatic carbocycles. The van der Waals surface area contributed by atoms with Crippen LogP contribution in [0.3, 0.4) is 0 Å². The minimum Gasteiger partial charge on any atom is -0.494 e. The molecule has 6 heteroatoms. The van der Waals surface area contributed by atoms with Gasteiger partial charge in [-0.3, -0.25) is 10.1 Å². The van der Waals surface area contributed by atoms with Gasteiger partial charge in [0.1, 0.15) is 11.5 Å². The van der Waals surface area contributed by atoms with Crippen LogP contribution in [0.25, 0.3) is 0 Å². The van der Waals surface area contributed by atoms with Crippen LogP contribution in [-0.4, -0.2) is 23.7 Å². The first-order chi connectivity index (χ1) is 13.5. The molecule has 2 aromatic carbocycles.